The fourth-order valence-corrected chi connectivity index (χ4v) is 3.92. The Balaban J connectivity index is 1.67. The van der Waals surface area contributed by atoms with Gasteiger partial charge in [-0.2, -0.15) is 5.10 Å². The Morgan fingerprint density at radius 1 is 1.03 bits per heavy atom. The van der Waals surface area contributed by atoms with Crippen molar-refractivity contribution in [1.82, 2.24) is 10.7 Å². The normalized spacial score (nSPS) is 11.1. The predicted octanol–water partition coefficient (Wildman–Crippen LogP) is 2.73. The van der Waals surface area contributed by atoms with Gasteiger partial charge in [-0.3, -0.25) is 14.4 Å². The van der Waals surface area contributed by atoms with Gasteiger partial charge in [0.05, 0.1) is 20.8 Å². The summed E-state index contributed by atoms with van der Waals surface area (Å²) in [5.41, 5.74) is 3.87. The monoisotopic (exact) mass is 469 g/mol. The Morgan fingerprint density at radius 3 is 2.52 bits per heavy atom. The number of benzene rings is 2. The molecule has 2 aromatic carbocycles. The number of ether oxygens (including phenoxy) is 3. The third-order valence-electron chi connectivity index (χ3n) is 4.57. The molecule has 10 heteroatoms. The van der Waals surface area contributed by atoms with E-state index >= 15 is 0 Å². The molecule has 0 aliphatic rings. The van der Waals surface area contributed by atoms with Crippen molar-refractivity contribution < 1.29 is 28.6 Å². The number of amides is 2. The maximum absolute atomic E-state index is 12.4. The van der Waals surface area contributed by atoms with Crippen LogP contribution in [0.4, 0.5) is 0 Å². The SMILES string of the molecule is COc1ccc(C(=O)NCC(=O)NN=C(COC(C)=O)c2csc3ccccc23)cc1OC. The van der Waals surface area contributed by atoms with Gasteiger partial charge in [-0.05, 0) is 24.3 Å². The highest BCUT2D eigenvalue weighted by Crippen LogP contribution is 2.28. The summed E-state index contributed by atoms with van der Waals surface area (Å²) in [5.74, 6) is -0.571. The van der Waals surface area contributed by atoms with Crippen LogP contribution in [-0.2, 0) is 14.3 Å². The molecule has 0 aliphatic heterocycles. The topological polar surface area (TPSA) is 115 Å². The van der Waals surface area contributed by atoms with E-state index in [0.29, 0.717) is 22.8 Å². The van der Waals surface area contributed by atoms with Crippen molar-refractivity contribution in [2.45, 2.75) is 6.92 Å². The lowest BCUT2D eigenvalue weighted by molar-refractivity contribution is -0.139. The molecule has 33 heavy (non-hydrogen) atoms. The van der Waals surface area contributed by atoms with Gasteiger partial charge in [0.15, 0.2) is 11.5 Å². The van der Waals surface area contributed by atoms with E-state index in [2.05, 4.69) is 15.8 Å². The van der Waals surface area contributed by atoms with Crippen LogP contribution < -0.4 is 20.2 Å². The first-order valence-electron chi connectivity index (χ1n) is 9.88. The average molecular weight is 470 g/mol. The van der Waals surface area contributed by atoms with Crippen molar-refractivity contribution in [3.8, 4) is 11.5 Å². The Bertz CT molecular complexity index is 1200. The molecule has 0 fully saturated rings. The van der Waals surface area contributed by atoms with E-state index in [1.807, 2.05) is 29.6 Å². The van der Waals surface area contributed by atoms with Crippen LogP contribution in [0.25, 0.3) is 10.1 Å². The van der Waals surface area contributed by atoms with E-state index < -0.39 is 17.8 Å². The molecule has 172 valence electrons. The molecule has 0 unspecified atom stereocenters. The van der Waals surface area contributed by atoms with Gasteiger partial charge in [0.25, 0.3) is 11.8 Å². The minimum absolute atomic E-state index is 0.103. The molecule has 2 N–H and O–H groups in total. The van der Waals surface area contributed by atoms with E-state index in [1.165, 1.54) is 38.5 Å². The van der Waals surface area contributed by atoms with E-state index in [4.69, 9.17) is 14.2 Å². The number of carbonyl (C=O) groups excluding carboxylic acids is 3. The summed E-state index contributed by atoms with van der Waals surface area (Å²) < 4.78 is 16.5. The molecule has 3 aromatic rings. The Morgan fingerprint density at radius 2 is 1.79 bits per heavy atom. The maximum Gasteiger partial charge on any atom is 0.303 e. The van der Waals surface area contributed by atoms with Crippen LogP contribution in [0.2, 0.25) is 0 Å². The molecule has 9 nitrogen and oxygen atoms in total. The summed E-state index contributed by atoms with van der Waals surface area (Å²) in [6.45, 7) is 0.891. The van der Waals surface area contributed by atoms with Gasteiger partial charge in [-0.15, -0.1) is 11.3 Å². The third-order valence-corrected chi connectivity index (χ3v) is 5.54. The highest BCUT2D eigenvalue weighted by atomic mass is 32.1. The van der Waals surface area contributed by atoms with Crippen LogP contribution in [-0.4, -0.2) is 50.9 Å². The number of nitrogens with one attached hydrogen (secondary N) is 2. The quantitative estimate of drug-likeness (QED) is 0.283. The largest absolute Gasteiger partial charge is 0.493 e. The lowest BCUT2D eigenvalue weighted by atomic mass is 10.1. The molecule has 0 radical (unpaired) electrons. The van der Waals surface area contributed by atoms with Gasteiger partial charge in [0.2, 0.25) is 0 Å². The number of esters is 1. The molecule has 0 atom stereocenters. The molecule has 0 spiro atoms. The summed E-state index contributed by atoms with van der Waals surface area (Å²) in [6.07, 6.45) is 0. The van der Waals surface area contributed by atoms with Crippen molar-refractivity contribution in [2.24, 2.45) is 5.10 Å². The van der Waals surface area contributed by atoms with Crippen LogP contribution in [0.15, 0.2) is 52.9 Å². The first-order valence-corrected chi connectivity index (χ1v) is 10.8. The average Bonchev–Trinajstić information content (AvgIpc) is 3.26. The van der Waals surface area contributed by atoms with E-state index in [1.54, 1.807) is 12.1 Å². The summed E-state index contributed by atoms with van der Waals surface area (Å²) in [7, 11) is 2.96. The highest BCUT2D eigenvalue weighted by Gasteiger charge is 2.14. The van der Waals surface area contributed by atoms with Crippen molar-refractivity contribution >= 4 is 44.9 Å². The second-order valence-electron chi connectivity index (χ2n) is 6.77. The highest BCUT2D eigenvalue weighted by molar-refractivity contribution is 7.17. The molecule has 1 heterocycles. The number of carbonyl (C=O) groups is 3. The fraction of sp³-hybridized carbons (Fsp3) is 0.217. The standard InChI is InChI=1S/C23H23N3O6S/c1-14(27)32-12-18(17-13-33-21-7-5-4-6-16(17)21)25-26-22(28)11-24-23(29)15-8-9-19(30-2)20(10-15)31-3/h4-10,13H,11-12H2,1-3H3,(H,24,29)(H,26,28). The van der Waals surface area contributed by atoms with E-state index in [9.17, 15) is 14.4 Å². The lowest BCUT2D eigenvalue weighted by Gasteiger charge is -2.10. The Labute approximate surface area is 194 Å². The van der Waals surface area contributed by atoms with Crippen molar-refractivity contribution in [2.75, 3.05) is 27.4 Å². The smallest absolute Gasteiger partial charge is 0.303 e. The first kappa shape index (κ1) is 23.7. The number of nitrogens with zero attached hydrogens (tertiary/aromatic N) is 1. The fourth-order valence-electron chi connectivity index (χ4n) is 2.95. The number of fused-ring (bicyclic) bond motifs is 1. The third kappa shape index (κ3) is 6.07. The summed E-state index contributed by atoms with van der Waals surface area (Å²) in [4.78, 5) is 36.0. The van der Waals surface area contributed by atoms with Crippen LogP contribution in [0, 0.1) is 0 Å². The van der Waals surface area contributed by atoms with Crippen molar-refractivity contribution in [3.05, 3.63) is 59.0 Å². The van der Waals surface area contributed by atoms with Crippen LogP contribution in [0.5, 0.6) is 11.5 Å². The minimum atomic E-state index is -0.538. The molecule has 0 aliphatic carbocycles. The number of hydrazone groups is 1. The zero-order chi connectivity index (χ0) is 23.8. The number of hydrogen-bond acceptors (Lipinski definition) is 8. The molecular formula is C23H23N3O6S. The molecule has 0 bridgehead atoms. The molecule has 3 rings (SSSR count). The van der Waals surface area contributed by atoms with Gasteiger partial charge in [0, 0.05) is 33.5 Å². The van der Waals surface area contributed by atoms with Crippen molar-refractivity contribution in [1.29, 1.82) is 0 Å². The maximum atomic E-state index is 12.4. The van der Waals surface area contributed by atoms with E-state index in [-0.39, 0.29) is 13.2 Å². The van der Waals surface area contributed by atoms with Crippen LogP contribution in [0.1, 0.15) is 22.8 Å². The van der Waals surface area contributed by atoms with Gasteiger partial charge in [-0.25, -0.2) is 5.43 Å². The van der Waals surface area contributed by atoms with Gasteiger partial charge >= 0.3 is 5.97 Å². The number of hydrogen-bond donors (Lipinski definition) is 2. The first-order chi connectivity index (χ1) is 15.9. The molecular weight excluding hydrogens is 446 g/mol. The van der Waals surface area contributed by atoms with Gasteiger partial charge < -0.3 is 19.5 Å². The van der Waals surface area contributed by atoms with Crippen molar-refractivity contribution in [3.63, 3.8) is 0 Å². The second-order valence-corrected chi connectivity index (χ2v) is 7.68. The molecule has 0 saturated heterocycles. The second kappa shape index (κ2) is 11.1. The number of methoxy groups -OCH3 is 2. The zero-order valence-corrected chi connectivity index (χ0v) is 19.2. The molecule has 2 amide bonds. The van der Waals surface area contributed by atoms with Crippen LogP contribution >= 0.6 is 11.3 Å². The Hall–Kier alpha value is -3.92. The molecule has 1 aromatic heterocycles. The summed E-state index contributed by atoms with van der Waals surface area (Å²) in [5, 5.41) is 9.50. The van der Waals surface area contributed by atoms with Crippen LogP contribution in [0.3, 0.4) is 0 Å². The minimum Gasteiger partial charge on any atom is -0.493 e. The predicted molar refractivity (Wildman–Crippen MR) is 125 cm³/mol. The van der Waals surface area contributed by atoms with Gasteiger partial charge in [-0.1, -0.05) is 18.2 Å². The van der Waals surface area contributed by atoms with Gasteiger partial charge in [0.1, 0.15) is 12.3 Å². The zero-order valence-electron chi connectivity index (χ0n) is 18.3. The van der Waals surface area contributed by atoms with E-state index in [0.717, 1.165) is 15.6 Å². The Kier molecular flexibility index (Phi) is 7.98. The molecule has 0 saturated carbocycles. The summed E-state index contributed by atoms with van der Waals surface area (Å²) in [6, 6.07) is 12.4. The summed E-state index contributed by atoms with van der Waals surface area (Å²) >= 11 is 1.52. The number of thiophene rings is 1. The number of rotatable bonds is 9. The lowest BCUT2D eigenvalue weighted by Crippen LogP contribution is -2.35.